The van der Waals surface area contributed by atoms with E-state index in [4.69, 9.17) is 5.73 Å². The first kappa shape index (κ1) is 13.0. The molecule has 0 aliphatic carbocycles. The lowest BCUT2D eigenvalue weighted by Gasteiger charge is -2.09. The number of hydrogen-bond acceptors (Lipinski definition) is 5. The van der Waals surface area contributed by atoms with Crippen LogP contribution in [-0.4, -0.2) is 23.6 Å². The molecule has 2 rings (SSSR count). The zero-order valence-electron chi connectivity index (χ0n) is 10.7. The van der Waals surface area contributed by atoms with Crippen LogP contribution in [0.3, 0.4) is 0 Å². The topological polar surface area (TPSA) is 63.8 Å². The molecule has 0 saturated carbocycles. The van der Waals surface area contributed by atoms with Gasteiger partial charge in [-0.2, -0.15) is 0 Å². The van der Waals surface area contributed by atoms with Crippen LogP contribution in [-0.2, 0) is 0 Å². The third kappa shape index (κ3) is 2.68. The third-order valence-electron chi connectivity index (χ3n) is 2.85. The highest BCUT2D eigenvalue weighted by Crippen LogP contribution is 2.36. The van der Waals surface area contributed by atoms with E-state index in [9.17, 15) is 0 Å². The number of aromatic nitrogens is 2. The molecule has 0 spiro atoms. The van der Waals surface area contributed by atoms with Crippen LogP contribution in [0.25, 0.3) is 11.3 Å². The summed E-state index contributed by atoms with van der Waals surface area (Å²) >= 11 is 1.70. The van der Waals surface area contributed by atoms with Gasteiger partial charge in [0.15, 0.2) is 5.13 Å². The number of nitrogens with zero attached hydrogens (tertiary/aromatic N) is 2. The zero-order chi connectivity index (χ0) is 13.0. The highest BCUT2D eigenvalue weighted by Gasteiger charge is 2.17. The van der Waals surface area contributed by atoms with Crippen LogP contribution >= 0.6 is 11.3 Å². The second kappa shape index (κ2) is 5.93. The van der Waals surface area contributed by atoms with Crippen molar-refractivity contribution in [1.82, 2.24) is 9.97 Å². The lowest BCUT2D eigenvalue weighted by Crippen LogP contribution is -2.04. The average molecular weight is 262 g/mol. The Labute approximate surface area is 111 Å². The van der Waals surface area contributed by atoms with Crippen molar-refractivity contribution in [2.75, 3.05) is 18.9 Å². The molecule has 1 unspecified atom stereocenters. The maximum absolute atomic E-state index is 5.65. The minimum atomic E-state index is 0.421. The second-order valence-corrected chi connectivity index (χ2v) is 5.23. The first-order valence-corrected chi connectivity index (χ1v) is 6.86. The molecule has 0 amide bonds. The van der Waals surface area contributed by atoms with Crippen LogP contribution in [0.5, 0.6) is 0 Å². The van der Waals surface area contributed by atoms with Crippen LogP contribution in [0.1, 0.15) is 24.1 Å². The molecule has 5 heteroatoms. The number of nitrogens with two attached hydrogens (primary N) is 1. The molecule has 1 atom stereocenters. The van der Waals surface area contributed by atoms with Gasteiger partial charge in [0.2, 0.25) is 0 Å². The molecule has 0 bridgehead atoms. The van der Waals surface area contributed by atoms with Crippen molar-refractivity contribution in [3.8, 4) is 11.3 Å². The number of anilines is 1. The van der Waals surface area contributed by atoms with Gasteiger partial charge < -0.3 is 11.1 Å². The fraction of sp³-hybridized carbons (Fsp3) is 0.385. The minimum Gasteiger partial charge on any atom is -0.365 e. The van der Waals surface area contributed by atoms with Gasteiger partial charge in [0, 0.05) is 29.9 Å². The Morgan fingerprint density at radius 1 is 1.50 bits per heavy atom. The van der Waals surface area contributed by atoms with E-state index in [1.807, 2.05) is 25.4 Å². The first-order chi connectivity index (χ1) is 8.76. The summed E-state index contributed by atoms with van der Waals surface area (Å²) in [5.74, 6) is 0.421. The Kier molecular flexibility index (Phi) is 4.28. The normalized spacial score (nSPS) is 12.4. The van der Waals surface area contributed by atoms with Crippen LogP contribution < -0.4 is 11.1 Å². The van der Waals surface area contributed by atoms with Crippen LogP contribution in [0, 0.1) is 0 Å². The maximum Gasteiger partial charge on any atom is 0.183 e. The van der Waals surface area contributed by atoms with Gasteiger partial charge in [-0.25, -0.2) is 4.98 Å². The molecule has 2 aromatic heterocycles. The Hall–Kier alpha value is -1.46. The predicted molar refractivity (Wildman–Crippen MR) is 77.0 cm³/mol. The summed E-state index contributed by atoms with van der Waals surface area (Å²) in [5, 5.41) is 4.05. The highest BCUT2D eigenvalue weighted by molar-refractivity contribution is 7.16. The van der Waals surface area contributed by atoms with Crippen molar-refractivity contribution >= 4 is 16.5 Å². The number of rotatable bonds is 5. The molecule has 18 heavy (non-hydrogen) atoms. The summed E-state index contributed by atoms with van der Waals surface area (Å²) in [4.78, 5) is 10.1. The van der Waals surface area contributed by atoms with E-state index in [0.717, 1.165) is 22.8 Å². The Morgan fingerprint density at radius 2 is 2.33 bits per heavy atom. The number of hydrogen-bond donors (Lipinski definition) is 2. The van der Waals surface area contributed by atoms with Crippen LogP contribution in [0.2, 0.25) is 0 Å². The molecule has 0 aromatic carbocycles. The first-order valence-electron chi connectivity index (χ1n) is 6.05. The van der Waals surface area contributed by atoms with Crippen molar-refractivity contribution in [2.45, 2.75) is 19.3 Å². The van der Waals surface area contributed by atoms with Crippen molar-refractivity contribution in [3.05, 3.63) is 29.4 Å². The summed E-state index contributed by atoms with van der Waals surface area (Å²) in [5.41, 5.74) is 7.74. The number of nitrogens with one attached hydrogen (secondary N) is 1. The summed E-state index contributed by atoms with van der Waals surface area (Å²) in [6.45, 7) is 2.89. The standard InChI is InChI=1S/C13H18N4S/c1-9(5-6-14)12-11(17-13(15-2)18-12)10-4-3-7-16-8-10/h3-4,7-9H,5-6,14H2,1-2H3,(H,15,17). The maximum atomic E-state index is 5.65. The summed E-state index contributed by atoms with van der Waals surface area (Å²) in [7, 11) is 1.89. The molecule has 0 aliphatic heterocycles. The lowest BCUT2D eigenvalue weighted by atomic mass is 10.0. The SMILES string of the molecule is CNc1nc(-c2cccnc2)c(C(C)CCN)s1. The third-order valence-corrected chi connectivity index (χ3v) is 4.15. The summed E-state index contributed by atoms with van der Waals surface area (Å²) in [6, 6.07) is 3.98. The van der Waals surface area contributed by atoms with Crippen molar-refractivity contribution in [3.63, 3.8) is 0 Å². The lowest BCUT2D eigenvalue weighted by molar-refractivity contribution is 0.701. The van der Waals surface area contributed by atoms with Crippen LogP contribution in [0.4, 0.5) is 5.13 Å². The van der Waals surface area contributed by atoms with E-state index >= 15 is 0 Å². The molecule has 0 radical (unpaired) electrons. The van der Waals surface area contributed by atoms with Gasteiger partial charge in [0.25, 0.3) is 0 Å². The van der Waals surface area contributed by atoms with E-state index in [-0.39, 0.29) is 0 Å². The monoisotopic (exact) mass is 262 g/mol. The molecule has 2 heterocycles. The molecule has 0 aliphatic rings. The van der Waals surface area contributed by atoms with Gasteiger partial charge in [-0.1, -0.05) is 6.92 Å². The van der Waals surface area contributed by atoms with Crippen LogP contribution in [0.15, 0.2) is 24.5 Å². The van der Waals surface area contributed by atoms with Gasteiger partial charge in [-0.15, -0.1) is 11.3 Å². The number of pyridine rings is 1. The van der Waals surface area contributed by atoms with Gasteiger partial charge in [0.1, 0.15) is 0 Å². The average Bonchev–Trinajstić information content (AvgIpc) is 2.84. The Morgan fingerprint density at radius 3 is 2.94 bits per heavy atom. The molecule has 96 valence electrons. The van der Waals surface area contributed by atoms with Crippen molar-refractivity contribution in [1.29, 1.82) is 0 Å². The molecule has 4 nitrogen and oxygen atoms in total. The quantitative estimate of drug-likeness (QED) is 0.869. The molecular weight excluding hydrogens is 244 g/mol. The highest BCUT2D eigenvalue weighted by atomic mass is 32.1. The fourth-order valence-electron chi connectivity index (χ4n) is 1.86. The zero-order valence-corrected chi connectivity index (χ0v) is 11.5. The summed E-state index contributed by atoms with van der Waals surface area (Å²) in [6.07, 6.45) is 4.60. The van der Waals surface area contributed by atoms with E-state index < -0.39 is 0 Å². The summed E-state index contributed by atoms with van der Waals surface area (Å²) < 4.78 is 0. The Balaban J connectivity index is 2.42. The van der Waals surface area contributed by atoms with Gasteiger partial charge in [-0.05, 0) is 31.0 Å². The molecule has 2 aromatic rings. The van der Waals surface area contributed by atoms with E-state index in [0.29, 0.717) is 12.5 Å². The van der Waals surface area contributed by atoms with Gasteiger partial charge >= 0.3 is 0 Å². The largest absolute Gasteiger partial charge is 0.365 e. The molecule has 0 fully saturated rings. The molecular formula is C13H18N4S. The van der Waals surface area contributed by atoms with Crippen molar-refractivity contribution < 1.29 is 0 Å². The van der Waals surface area contributed by atoms with Gasteiger partial charge in [0.05, 0.1) is 5.69 Å². The minimum absolute atomic E-state index is 0.421. The molecule has 3 N–H and O–H groups in total. The predicted octanol–water partition coefficient (Wildman–Crippen LogP) is 2.70. The number of thiazole rings is 1. The smallest absolute Gasteiger partial charge is 0.183 e. The van der Waals surface area contributed by atoms with Crippen molar-refractivity contribution in [2.24, 2.45) is 5.73 Å². The van der Waals surface area contributed by atoms with E-state index in [2.05, 4.69) is 22.2 Å². The van der Waals surface area contributed by atoms with Gasteiger partial charge in [-0.3, -0.25) is 4.98 Å². The van der Waals surface area contributed by atoms with E-state index in [1.165, 1.54) is 4.88 Å². The van der Waals surface area contributed by atoms with E-state index in [1.54, 1.807) is 17.5 Å². The second-order valence-electron chi connectivity index (χ2n) is 4.20. The molecule has 0 saturated heterocycles. The Bertz CT molecular complexity index is 495. The fourth-order valence-corrected chi connectivity index (χ4v) is 2.89.